The number of rotatable bonds is 4. The third kappa shape index (κ3) is 2.90. The molecule has 0 aliphatic rings. The fourth-order valence-electron chi connectivity index (χ4n) is 1.35. The molecule has 0 aliphatic heterocycles. The largest absolute Gasteiger partial charge is 0.352 e. The number of hydrogen-bond acceptors (Lipinski definition) is 3. The number of hydrogen-bond donors (Lipinski definition) is 1. The van der Waals surface area contributed by atoms with Crippen LogP contribution >= 0.6 is 11.3 Å². The van der Waals surface area contributed by atoms with E-state index in [1.807, 2.05) is 23.6 Å². The summed E-state index contributed by atoms with van der Waals surface area (Å²) in [5, 5.41) is 5.85. The van der Waals surface area contributed by atoms with E-state index in [1.54, 1.807) is 29.7 Å². The van der Waals surface area contributed by atoms with Crippen LogP contribution in [0, 0.1) is 0 Å². The lowest BCUT2D eigenvalue weighted by Gasteiger charge is -2.03. The van der Waals surface area contributed by atoms with Crippen molar-refractivity contribution in [3.05, 3.63) is 52.5 Å². The maximum atomic E-state index is 11.6. The average Bonchev–Trinajstić information content (AvgIpc) is 2.83. The second-order valence-corrected chi connectivity index (χ2v) is 4.28. The SMILES string of the molecule is O=C(NCCc1nccs1)c1ccccc1. The summed E-state index contributed by atoms with van der Waals surface area (Å²) in [6.45, 7) is 0.626. The van der Waals surface area contributed by atoms with Crippen molar-refractivity contribution in [1.29, 1.82) is 0 Å². The second kappa shape index (κ2) is 5.42. The molecule has 16 heavy (non-hydrogen) atoms. The molecule has 0 spiro atoms. The molecule has 2 aromatic rings. The lowest BCUT2D eigenvalue weighted by molar-refractivity contribution is 0.0954. The van der Waals surface area contributed by atoms with E-state index in [4.69, 9.17) is 0 Å². The minimum absolute atomic E-state index is 0.0304. The fraction of sp³-hybridized carbons (Fsp3) is 0.167. The molecule has 0 saturated carbocycles. The average molecular weight is 232 g/mol. The summed E-state index contributed by atoms with van der Waals surface area (Å²) in [5.74, 6) is -0.0304. The van der Waals surface area contributed by atoms with Crippen LogP contribution in [0.25, 0.3) is 0 Å². The number of nitrogens with zero attached hydrogens (tertiary/aromatic N) is 1. The Morgan fingerprint density at radius 1 is 1.31 bits per heavy atom. The Morgan fingerprint density at radius 2 is 2.12 bits per heavy atom. The van der Waals surface area contributed by atoms with Gasteiger partial charge < -0.3 is 5.32 Å². The normalized spacial score (nSPS) is 10.0. The first-order chi connectivity index (χ1) is 7.86. The van der Waals surface area contributed by atoms with Crippen LogP contribution < -0.4 is 5.32 Å². The van der Waals surface area contributed by atoms with E-state index < -0.39 is 0 Å². The summed E-state index contributed by atoms with van der Waals surface area (Å²) < 4.78 is 0. The monoisotopic (exact) mass is 232 g/mol. The van der Waals surface area contributed by atoms with Crippen molar-refractivity contribution in [3.63, 3.8) is 0 Å². The molecule has 2 rings (SSSR count). The number of nitrogens with one attached hydrogen (secondary N) is 1. The summed E-state index contributed by atoms with van der Waals surface area (Å²) in [7, 11) is 0. The van der Waals surface area contributed by atoms with Crippen LogP contribution in [0.1, 0.15) is 15.4 Å². The molecule has 0 aliphatic carbocycles. The van der Waals surface area contributed by atoms with Gasteiger partial charge in [-0.2, -0.15) is 0 Å². The molecular weight excluding hydrogens is 220 g/mol. The van der Waals surface area contributed by atoms with Crippen LogP contribution in [-0.4, -0.2) is 17.4 Å². The van der Waals surface area contributed by atoms with Crippen molar-refractivity contribution in [2.75, 3.05) is 6.54 Å². The van der Waals surface area contributed by atoms with Crippen molar-refractivity contribution in [2.24, 2.45) is 0 Å². The van der Waals surface area contributed by atoms with E-state index in [1.165, 1.54) is 0 Å². The Bertz CT molecular complexity index is 439. The molecule has 1 amide bonds. The van der Waals surface area contributed by atoms with Gasteiger partial charge in [0.25, 0.3) is 5.91 Å². The standard InChI is InChI=1S/C12H12N2OS/c15-12(10-4-2-1-3-5-10)14-7-6-11-13-8-9-16-11/h1-5,8-9H,6-7H2,(H,14,15). The molecule has 0 atom stereocenters. The quantitative estimate of drug-likeness (QED) is 0.877. The molecule has 0 bridgehead atoms. The summed E-state index contributed by atoms with van der Waals surface area (Å²) in [6, 6.07) is 9.22. The first kappa shape index (κ1) is 10.8. The first-order valence-corrected chi connectivity index (χ1v) is 5.96. The van der Waals surface area contributed by atoms with Crippen LogP contribution in [0.4, 0.5) is 0 Å². The second-order valence-electron chi connectivity index (χ2n) is 3.30. The summed E-state index contributed by atoms with van der Waals surface area (Å²) >= 11 is 1.61. The van der Waals surface area contributed by atoms with Crippen LogP contribution in [-0.2, 0) is 6.42 Å². The summed E-state index contributed by atoms with van der Waals surface area (Å²) in [5.41, 5.74) is 0.696. The maximum absolute atomic E-state index is 11.6. The zero-order valence-electron chi connectivity index (χ0n) is 8.72. The van der Waals surface area contributed by atoms with Crippen molar-refractivity contribution >= 4 is 17.2 Å². The van der Waals surface area contributed by atoms with Gasteiger partial charge in [0, 0.05) is 30.1 Å². The van der Waals surface area contributed by atoms with Crippen molar-refractivity contribution in [3.8, 4) is 0 Å². The number of carbonyl (C=O) groups excluding carboxylic acids is 1. The van der Waals surface area contributed by atoms with Crippen LogP contribution in [0.3, 0.4) is 0 Å². The Hall–Kier alpha value is -1.68. The molecule has 1 aromatic carbocycles. The zero-order chi connectivity index (χ0) is 11.2. The summed E-state index contributed by atoms with van der Waals surface area (Å²) in [4.78, 5) is 15.8. The molecule has 0 unspecified atom stereocenters. The minimum atomic E-state index is -0.0304. The Balaban J connectivity index is 1.81. The lowest BCUT2D eigenvalue weighted by atomic mass is 10.2. The minimum Gasteiger partial charge on any atom is -0.352 e. The predicted octanol–water partition coefficient (Wildman–Crippen LogP) is 2.12. The number of aromatic nitrogens is 1. The highest BCUT2D eigenvalue weighted by atomic mass is 32.1. The Kier molecular flexibility index (Phi) is 3.66. The third-order valence-corrected chi connectivity index (χ3v) is 2.98. The van der Waals surface area contributed by atoms with Crippen LogP contribution in [0.15, 0.2) is 41.9 Å². The van der Waals surface area contributed by atoms with Crippen LogP contribution in [0.5, 0.6) is 0 Å². The van der Waals surface area contributed by atoms with Gasteiger partial charge in [-0.05, 0) is 12.1 Å². The van der Waals surface area contributed by atoms with Gasteiger partial charge in [0.05, 0.1) is 5.01 Å². The Labute approximate surface area is 98.2 Å². The summed E-state index contributed by atoms with van der Waals surface area (Å²) in [6.07, 6.45) is 2.56. The topological polar surface area (TPSA) is 42.0 Å². The molecule has 0 saturated heterocycles. The van der Waals surface area contributed by atoms with E-state index in [-0.39, 0.29) is 5.91 Å². The predicted molar refractivity (Wildman–Crippen MR) is 64.6 cm³/mol. The highest BCUT2D eigenvalue weighted by molar-refractivity contribution is 7.09. The van der Waals surface area contributed by atoms with Gasteiger partial charge in [0.2, 0.25) is 0 Å². The fourth-order valence-corrected chi connectivity index (χ4v) is 1.97. The van der Waals surface area contributed by atoms with E-state index in [2.05, 4.69) is 10.3 Å². The first-order valence-electron chi connectivity index (χ1n) is 5.08. The van der Waals surface area contributed by atoms with Gasteiger partial charge >= 0.3 is 0 Å². The van der Waals surface area contributed by atoms with E-state index >= 15 is 0 Å². The maximum Gasteiger partial charge on any atom is 0.251 e. The molecule has 1 N–H and O–H groups in total. The van der Waals surface area contributed by atoms with Gasteiger partial charge in [0.15, 0.2) is 0 Å². The van der Waals surface area contributed by atoms with Crippen molar-refractivity contribution in [1.82, 2.24) is 10.3 Å². The van der Waals surface area contributed by atoms with Gasteiger partial charge in [-0.1, -0.05) is 18.2 Å². The number of thiazole rings is 1. The van der Waals surface area contributed by atoms with Gasteiger partial charge in [-0.3, -0.25) is 4.79 Å². The highest BCUT2D eigenvalue weighted by Gasteiger charge is 2.03. The lowest BCUT2D eigenvalue weighted by Crippen LogP contribution is -2.25. The van der Waals surface area contributed by atoms with Crippen molar-refractivity contribution < 1.29 is 4.79 Å². The highest BCUT2D eigenvalue weighted by Crippen LogP contribution is 2.04. The third-order valence-electron chi connectivity index (χ3n) is 2.14. The van der Waals surface area contributed by atoms with Gasteiger partial charge in [0.1, 0.15) is 0 Å². The molecule has 4 heteroatoms. The zero-order valence-corrected chi connectivity index (χ0v) is 9.54. The molecule has 1 aromatic heterocycles. The molecule has 82 valence electrons. The van der Waals surface area contributed by atoms with Gasteiger partial charge in [-0.25, -0.2) is 4.98 Å². The van der Waals surface area contributed by atoms with E-state index in [0.717, 1.165) is 11.4 Å². The smallest absolute Gasteiger partial charge is 0.251 e. The number of benzene rings is 1. The Morgan fingerprint density at radius 3 is 2.81 bits per heavy atom. The molecule has 0 radical (unpaired) electrons. The van der Waals surface area contributed by atoms with E-state index in [9.17, 15) is 4.79 Å². The van der Waals surface area contributed by atoms with Gasteiger partial charge in [-0.15, -0.1) is 11.3 Å². The molecule has 1 heterocycles. The van der Waals surface area contributed by atoms with Crippen molar-refractivity contribution in [2.45, 2.75) is 6.42 Å². The molecule has 0 fully saturated rings. The number of amides is 1. The van der Waals surface area contributed by atoms with E-state index in [0.29, 0.717) is 12.1 Å². The number of carbonyl (C=O) groups is 1. The van der Waals surface area contributed by atoms with Crippen LogP contribution in [0.2, 0.25) is 0 Å². The molecular formula is C12H12N2OS. The molecule has 3 nitrogen and oxygen atoms in total.